The van der Waals surface area contributed by atoms with Gasteiger partial charge in [0.2, 0.25) is 0 Å². The van der Waals surface area contributed by atoms with Crippen LogP contribution in [0.2, 0.25) is 0 Å². The summed E-state index contributed by atoms with van der Waals surface area (Å²) < 4.78 is 6.66. The van der Waals surface area contributed by atoms with Crippen molar-refractivity contribution in [3.8, 4) is 5.75 Å². The van der Waals surface area contributed by atoms with Crippen LogP contribution in [0.1, 0.15) is 31.4 Å². The first kappa shape index (κ1) is 14.1. The summed E-state index contributed by atoms with van der Waals surface area (Å²) in [4.78, 5) is 2.61. The predicted molar refractivity (Wildman–Crippen MR) is 84.4 cm³/mol. The van der Waals surface area contributed by atoms with Crippen molar-refractivity contribution in [2.75, 3.05) is 20.2 Å². The van der Waals surface area contributed by atoms with E-state index in [1.807, 2.05) is 0 Å². The molecule has 1 heterocycles. The third-order valence-electron chi connectivity index (χ3n) is 3.79. The number of ether oxygens (including phenoxy) is 1. The number of nitrogens with zero attached hydrogens (tertiary/aromatic N) is 1. The van der Waals surface area contributed by atoms with Crippen molar-refractivity contribution < 1.29 is 4.74 Å². The molecule has 0 saturated carbocycles. The van der Waals surface area contributed by atoms with Crippen LogP contribution in [0.3, 0.4) is 0 Å². The van der Waals surface area contributed by atoms with Gasteiger partial charge in [-0.1, -0.05) is 6.92 Å². The van der Waals surface area contributed by atoms with Gasteiger partial charge >= 0.3 is 0 Å². The topological polar surface area (TPSA) is 12.5 Å². The van der Waals surface area contributed by atoms with Crippen molar-refractivity contribution in [2.24, 2.45) is 0 Å². The molecule has 0 unspecified atom stereocenters. The number of methoxy groups -OCH3 is 1. The minimum Gasteiger partial charge on any atom is -0.496 e. The molecule has 0 aromatic heterocycles. The molecule has 0 radical (unpaired) electrons. The molecule has 0 N–H and O–H groups in total. The SMILES string of the molecule is CCCN1CCc2cc(OC)c(I)cc2C[C@H]1C. The third-order valence-corrected chi connectivity index (χ3v) is 4.63. The number of hydrogen-bond donors (Lipinski definition) is 0. The molecule has 2 rings (SSSR count). The zero-order valence-corrected chi connectivity index (χ0v) is 13.7. The van der Waals surface area contributed by atoms with Crippen LogP contribution in [0.15, 0.2) is 12.1 Å². The van der Waals surface area contributed by atoms with Gasteiger partial charge in [-0.15, -0.1) is 0 Å². The fraction of sp³-hybridized carbons (Fsp3) is 0.600. The second-order valence-electron chi connectivity index (χ2n) is 5.09. The summed E-state index contributed by atoms with van der Waals surface area (Å²) >= 11 is 2.37. The Bertz CT molecular complexity index is 419. The van der Waals surface area contributed by atoms with E-state index in [0.29, 0.717) is 6.04 Å². The predicted octanol–water partition coefficient (Wildman–Crippen LogP) is 3.50. The number of benzene rings is 1. The minimum absolute atomic E-state index is 0.649. The Morgan fingerprint density at radius 1 is 1.39 bits per heavy atom. The summed E-state index contributed by atoms with van der Waals surface area (Å²) in [5, 5.41) is 0. The molecule has 1 atom stereocenters. The van der Waals surface area contributed by atoms with Gasteiger partial charge in [0.25, 0.3) is 0 Å². The van der Waals surface area contributed by atoms with E-state index in [1.165, 1.54) is 34.2 Å². The van der Waals surface area contributed by atoms with Gasteiger partial charge in [0.1, 0.15) is 5.75 Å². The van der Waals surface area contributed by atoms with Crippen LogP contribution in [-0.2, 0) is 12.8 Å². The molecule has 3 heteroatoms. The molecular weight excluding hydrogens is 337 g/mol. The average molecular weight is 359 g/mol. The van der Waals surface area contributed by atoms with Crippen LogP contribution in [-0.4, -0.2) is 31.1 Å². The van der Waals surface area contributed by atoms with Crippen LogP contribution in [0.5, 0.6) is 5.75 Å². The highest BCUT2D eigenvalue weighted by molar-refractivity contribution is 14.1. The van der Waals surface area contributed by atoms with Crippen LogP contribution in [0, 0.1) is 3.57 Å². The lowest BCUT2D eigenvalue weighted by Crippen LogP contribution is -2.35. The Kier molecular flexibility index (Phi) is 4.90. The number of hydrogen-bond acceptors (Lipinski definition) is 2. The molecule has 0 fully saturated rings. The molecular formula is C15H22INO. The lowest BCUT2D eigenvalue weighted by atomic mass is 10.0. The zero-order chi connectivity index (χ0) is 13.1. The summed E-state index contributed by atoms with van der Waals surface area (Å²) in [5.41, 5.74) is 2.98. The van der Waals surface area contributed by atoms with Gasteiger partial charge in [-0.05, 0) is 78.6 Å². The molecule has 0 bridgehead atoms. The first-order valence-corrected chi connectivity index (χ1v) is 7.83. The van der Waals surface area contributed by atoms with Gasteiger partial charge in [0.05, 0.1) is 10.7 Å². The number of fused-ring (bicyclic) bond motifs is 1. The molecule has 0 amide bonds. The molecule has 2 nitrogen and oxygen atoms in total. The van der Waals surface area contributed by atoms with E-state index in [4.69, 9.17) is 4.74 Å². The summed E-state index contributed by atoms with van der Waals surface area (Å²) in [7, 11) is 1.76. The van der Waals surface area contributed by atoms with Gasteiger partial charge in [-0.25, -0.2) is 0 Å². The fourth-order valence-corrected chi connectivity index (χ4v) is 3.52. The van der Waals surface area contributed by atoms with Crippen molar-refractivity contribution in [1.29, 1.82) is 0 Å². The summed E-state index contributed by atoms with van der Waals surface area (Å²) in [6.07, 6.45) is 3.55. The lowest BCUT2D eigenvalue weighted by Gasteiger charge is -2.26. The number of halogens is 1. The second kappa shape index (κ2) is 6.24. The van der Waals surface area contributed by atoms with Crippen LogP contribution in [0.4, 0.5) is 0 Å². The molecule has 100 valence electrons. The fourth-order valence-electron chi connectivity index (χ4n) is 2.77. The van der Waals surface area contributed by atoms with Gasteiger partial charge in [-0.2, -0.15) is 0 Å². The largest absolute Gasteiger partial charge is 0.496 e. The van der Waals surface area contributed by atoms with E-state index in [9.17, 15) is 0 Å². The second-order valence-corrected chi connectivity index (χ2v) is 6.26. The maximum absolute atomic E-state index is 5.43. The average Bonchev–Trinajstić information content (AvgIpc) is 2.49. The standard InChI is InChI=1S/C15H22INO/c1-4-6-17-7-5-12-10-15(18-3)14(16)9-13(12)8-11(17)2/h9-11H,4-8H2,1-3H3/t11-/m1/s1. The van der Waals surface area contributed by atoms with Gasteiger partial charge in [-0.3, -0.25) is 0 Å². The minimum atomic E-state index is 0.649. The Morgan fingerprint density at radius 3 is 2.83 bits per heavy atom. The zero-order valence-electron chi connectivity index (χ0n) is 11.5. The van der Waals surface area contributed by atoms with Crippen molar-refractivity contribution in [3.05, 3.63) is 26.8 Å². The summed E-state index contributed by atoms with van der Waals surface area (Å²) in [5.74, 6) is 1.02. The first-order chi connectivity index (χ1) is 8.65. The molecule has 18 heavy (non-hydrogen) atoms. The summed E-state index contributed by atoms with van der Waals surface area (Å²) in [6.45, 7) is 6.99. The third kappa shape index (κ3) is 2.99. The summed E-state index contributed by atoms with van der Waals surface area (Å²) in [6, 6.07) is 5.19. The molecule has 1 aliphatic rings. The van der Waals surface area contributed by atoms with Gasteiger partial charge in [0, 0.05) is 12.6 Å². The van der Waals surface area contributed by atoms with E-state index >= 15 is 0 Å². The highest BCUT2D eigenvalue weighted by atomic mass is 127. The number of rotatable bonds is 3. The molecule has 0 saturated heterocycles. The van der Waals surface area contributed by atoms with Crippen molar-refractivity contribution >= 4 is 22.6 Å². The Hall–Kier alpha value is -0.290. The van der Waals surface area contributed by atoms with E-state index in [2.05, 4.69) is 53.5 Å². The highest BCUT2D eigenvalue weighted by Gasteiger charge is 2.20. The monoisotopic (exact) mass is 359 g/mol. The normalized spacial score (nSPS) is 20.3. The van der Waals surface area contributed by atoms with E-state index in [1.54, 1.807) is 7.11 Å². The maximum atomic E-state index is 5.43. The molecule has 0 spiro atoms. The van der Waals surface area contributed by atoms with Crippen LogP contribution < -0.4 is 4.74 Å². The van der Waals surface area contributed by atoms with Gasteiger partial charge in [0.15, 0.2) is 0 Å². The van der Waals surface area contributed by atoms with Crippen molar-refractivity contribution in [3.63, 3.8) is 0 Å². The molecule has 1 aromatic carbocycles. The molecule has 1 aromatic rings. The molecule has 0 aliphatic carbocycles. The van der Waals surface area contributed by atoms with Gasteiger partial charge < -0.3 is 9.64 Å². The van der Waals surface area contributed by atoms with E-state index in [0.717, 1.165) is 18.6 Å². The smallest absolute Gasteiger partial charge is 0.132 e. The van der Waals surface area contributed by atoms with Crippen LogP contribution >= 0.6 is 22.6 Å². The Balaban J connectivity index is 2.26. The van der Waals surface area contributed by atoms with Crippen molar-refractivity contribution in [1.82, 2.24) is 4.90 Å². The first-order valence-electron chi connectivity index (χ1n) is 6.75. The maximum Gasteiger partial charge on any atom is 0.132 e. The van der Waals surface area contributed by atoms with Crippen molar-refractivity contribution in [2.45, 2.75) is 39.2 Å². The van der Waals surface area contributed by atoms with E-state index in [-0.39, 0.29) is 0 Å². The quantitative estimate of drug-likeness (QED) is 0.766. The molecule has 1 aliphatic heterocycles. The highest BCUT2D eigenvalue weighted by Crippen LogP contribution is 2.29. The van der Waals surface area contributed by atoms with E-state index < -0.39 is 0 Å². The lowest BCUT2D eigenvalue weighted by molar-refractivity contribution is 0.217. The Morgan fingerprint density at radius 2 is 2.17 bits per heavy atom. The Labute approximate surface area is 124 Å². The van der Waals surface area contributed by atoms with Crippen LogP contribution in [0.25, 0.3) is 0 Å².